The summed E-state index contributed by atoms with van der Waals surface area (Å²) in [6.45, 7) is 3.08. The van der Waals surface area contributed by atoms with Gasteiger partial charge in [-0.05, 0) is 67.6 Å². The molecule has 2 aliphatic carbocycles. The second-order valence-corrected chi connectivity index (χ2v) is 10.9. The van der Waals surface area contributed by atoms with Crippen molar-refractivity contribution in [1.29, 1.82) is 0 Å². The molecule has 1 aliphatic heterocycles. The molecular weight excluding hydrogens is 497 g/mol. The number of carbonyl (C=O) groups is 3. The van der Waals surface area contributed by atoms with E-state index in [1.807, 2.05) is 29.2 Å². The van der Waals surface area contributed by atoms with Crippen LogP contribution in [0.4, 0.5) is 20.6 Å². The second kappa shape index (κ2) is 12.5. The monoisotopic (exact) mass is 535 g/mol. The molecule has 4 amide bonds. The summed E-state index contributed by atoms with van der Waals surface area (Å²) in [6, 6.07) is 14.0. The van der Waals surface area contributed by atoms with Crippen LogP contribution in [0, 0.1) is 11.7 Å². The molecule has 0 radical (unpaired) electrons. The Kier molecular flexibility index (Phi) is 8.64. The number of piperazine rings is 1. The largest absolute Gasteiger partial charge is 0.368 e. The number of benzene rings is 2. The molecule has 2 aromatic carbocycles. The van der Waals surface area contributed by atoms with Crippen LogP contribution in [0.1, 0.15) is 50.5 Å². The molecule has 2 N–H and O–H groups in total. The Balaban J connectivity index is 1.10. The molecular formula is C30H38FN5O3. The van der Waals surface area contributed by atoms with E-state index in [9.17, 15) is 18.8 Å². The topological polar surface area (TPSA) is 85.0 Å². The average Bonchev–Trinajstić information content (AvgIpc) is 3.80. The van der Waals surface area contributed by atoms with E-state index in [-0.39, 0.29) is 42.7 Å². The van der Waals surface area contributed by atoms with Gasteiger partial charge in [0.2, 0.25) is 11.8 Å². The molecule has 0 spiro atoms. The van der Waals surface area contributed by atoms with Crippen LogP contribution in [-0.2, 0) is 16.1 Å². The number of hydrogen-bond acceptors (Lipinski definition) is 4. The molecule has 1 heterocycles. The van der Waals surface area contributed by atoms with Crippen LogP contribution in [0.3, 0.4) is 0 Å². The Hall–Kier alpha value is -3.62. The van der Waals surface area contributed by atoms with Crippen LogP contribution in [0.15, 0.2) is 48.5 Å². The van der Waals surface area contributed by atoms with Crippen molar-refractivity contribution in [2.24, 2.45) is 5.92 Å². The first kappa shape index (κ1) is 27.0. The van der Waals surface area contributed by atoms with Gasteiger partial charge in [0, 0.05) is 56.1 Å². The molecule has 1 saturated heterocycles. The minimum Gasteiger partial charge on any atom is -0.368 e. The predicted molar refractivity (Wildman–Crippen MR) is 149 cm³/mol. The summed E-state index contributed by atoms with van der Waals surface area (Å²) in [6.07, 6.45) is 7.52. The second-order valence-electron chi connectivity index (χ2n) is 10.9. The van der Waals surface area contributed by atoms with Crippen LogP contribution in [0.5, 0.6) is 0 Å². The van der Waals surface area contributed by atoms with Crippen molar-refractivity contribution >= 4 is 29.2 Å². The maximum atomic E-state index is 13.3. The van der Waals surface area contributed by atoms with Gasteiger partial charge in [-0.15, -0.1) is 0 Å². The summed E-state index contributed by atoms with van der Waals surface area (Å²) in [7, 11) is 0. The number of nitrogens with zero attached hydrogens (tertiary/aromatic N) is 3. The van der Waals surface area contributed by atoms with Gasteiger partial charge in [0.25, 0.3) is 0 Å². The Morgan fingerprint density at radius 2 is 1.51 bits per heavy atom. The zero-order valence-corrected chi connectivity index (χ0v) is 22.4. The molecule has 5 rings (SSSR count). The number of anilines is 2. The van der Waals surface area contributed by atoms with Gasteiger partial charge >= 0.3 is 6.03 Å². The third-order valence-electron chi connectivity index (χ3n) is 7.88. The smallest absolute Gasteiger partial charge is 0.317 e. The van der Waals surface area contributed by atoms with Gasteiger partial charge in [-0.1, -0.05) is 31.4 Å². The van der Waals surface area contributed by atoms with Crippen molar-refractivity contribution in [3.8, 4) is 0 Å². The molecule has 3 fully saturated rings. The van der Waals surface area contributed by atoms with Gasteiger partial charge in [-0.25, -0.2) is 9.18 Å². The normalized spacial score (nSPS) is 18.0. The van der Waals surface area contributed by atoms with E-state index in [0.717, 1.165) is 50.0 Å². The Morgan fingerprint density at radius 3 is 2.15 bits per heavy atom. The Labute approximate surface area is 229 Å². The molecule has 0 atom stereocenters. The molecule has 208 valence electrons. The summed E-state index contributed by atoms with van der Waals surface area (Å²) >= 11 is 0. The Bertz CT molecular complexity index is 1140. The van der Waals surface area contributed by atoms with Crippen molar-refractivity contribution in [3.63, 3.8) is 0 Å². The number of amides is 4. The summed E-state index contributed by atoms with van der Waals surface area (Å²) < 4.78 is 13.3. The molecule has 8 nitrogen and oxygen atoms in total. The maximum Gasteiger partial charge on any atom is 0.317 e. The highest BCUT2D eigenvalue weighted by Crippen LogP contribution is 2.31. The number of carbonyl (C=O) groups excluding carboxylic acids is 3. The first-order valence-electron chi connectivity index (χ1n) is 14.2. The molecule has 0 unspecified atom stereocenters. The zero-order chi connectivity index (χ0) is 27.2. The van der Waals surface area contributed by atoms with Gasteiger partial charge in [-0.2, -0.15) is 0 Å². The van der Waals surface area contributed by atoms with Crippen LogP contribution < -0.4 is 15.5 Å². The van der Waals surface area contributed by atoms with Crippen molar-refractivity contribution < 1.29 is 18.8 Å². The first-order chi connectivity index (χ1) is 18.9. The molecule has 9 heteroatoms. The van der Waals surface area contributed by atoms with E-state index in [2.05, 4.69) is 15.5 Å². The average molecular weight is 536 g/mol. The van der Waals surface area contributed by atoms with Crippen molar-refractivity contribution in [2.45, 2.75) is 57.5 Å². The standard InChI is InChI=1S/C30H38FN5O3/c31-24-10-6-22(7-11-24)20-36(29(38)23-8-9-23)21-28(37)32-26-12-14-27(15-13-26)34-16-18-35(19-17-34)30(39)33-25-4-2-1-3-5-25/h6-7,10-15,23,25H,1-5,8-9,16-21H2,(H,32,37)(H,33,39). The summed E-state index contributed by atoms with van der Waals surface area (Å²) in [4.78, 5) is 44.0. The van der Waals surface area contributed by atoms with E-state index in [0.29, 0.717) is 24.8 Å². The van der Waals surface area contributed by atoms with Gasteiger partial charge in [0.1, 0.15) is 12.4 Å². The SMILES string of the molecule is O=C(CN(Cc1ccc(F)cc1)C(=O)C1CC1)Nc1ccc(N2CCN(C(=O)NC3CCCCC3)CC2)cc1. The fourth-order valence-corrected chi connectivity index (χ4v) is 5.42. The van der Waals surface area contributed by atoms with Crippen molar-refractivity contribution in [1.82, 2.24) is 15.1 Å². The highest BCUT2D eigenvalue weighted by molar-refractivity contribution is 5.95. The van der Waals surface area contributed by atoms with E-state index in [1.165, 1.54) is 31.4 Å². The molecule has 39 heavy (non-hydrogen) atoms. The molecule has 2 saturated carbocycles. The summed E-state index contributed by atoms with van der Waals surface area (Å²) in [5, 5.41) is 6.10. The van der Waals surface area contributed by atoms with E-state index < -0.39 is 0 Å². The van der Waals surface area contributed by atoms with Gasteiger partial charge < -0.3 is 25.3 Å². The van der Waals surface area contributed by atoms with Crippen molar-refractivity contribution in [3.05, 3.63) is 59.9 Å². The fourth-order valence-electron chi connectivity index (χ4n) is 5.42. The Morgan fingerprint density at radius 1 is 0.846 bits per heavy atom. The summed E-state index contributed by atoms with van der Waals surface area (Å²) in [5.74, 6) is -0.647. The lowest BCUT2D eigenvalue weighted by Crippen LogP contribution is -2.53. The molecule has 2 aromatic rings. The van der Waals surface area contributed by atoms with Gasteiger partial charge in [0.05, 0.1) is 0 Å². The van der Waals surface area contributed by atoms with E-state index in [1.54, 1.807) is 17.0 Å². The summed E-state index contributed by atoms with van der Waals surface area (Å²) in [5.41, 5.74) is 2.49. The van der Waals surface area contributed by atoms with E-state index in [4.69, 9.17) is 0 Å². The lowest BCUT2D eigenvalue weighted by atomic mass is 9.96. The molecule has 3 aliphatic rings. The van der Waals surface area contributed by atoms with Crippen LogP contribution in [-0.4, -0.2) is 66.4 Å². The number of nitrogens with one attached hydrogen (secondary N) is 2. The van der Waals surface area contributed by atoms with Crippen LogP contribution >= 0.6 is 0 Å². The first-order valence-corrected chi connectivity index (χ1v) is 14.2. The highest BCUT2D eigenvalue weighted by atomic mass is 19.1. The quantitative estimate of drug-likeness (QED) is 0.526. The van der Waals surface area contributed by atoms with E-state index >= 15 is 0 Å². The number of hydrogen-bond donors (Lipinski definition) is 2. The maximum absolute atomic E-state index is 13.3. The number of rotatable bonds is 8. The van der Waals surface area contributed by atoms with Crippen LogP contribution in [0.25, 0.3) is 0 Å². The molecule has 0 bridgehead atoms. The fraction of sp³-hybridized carbons (Fsp3) is 0.500. The lowest BCUT2D eigenvalue weighted by molar-refractivity contribution is -0.136. The zero-order valence-electron chi connectivity index (χ0n) is 22.4. The lowest BCUT2D eigenvalue weighted by Gasteiger charge is -2.37. The minimum absolute atomic E-state index is 0.0173. The predicted octanol–water partition coefficient (Wildman–Crippen LogP) is 4.37. The van der Waals surface area contributed by atoms with Gasteiger partial charge in [-0.3, -0.25) is 9.59 Å². The van der Waals surface area contributed by atoms with Crippen LogP contribution in [0.2, 0.25) is 0 Å². The van der Waals surface area contributed by atoms with Crippen molar-refractivity contribution in [2.75, 3.05) is 42.9 Å². The van der Waals surface area contributed by atoms with Gasteiger partial charge in [0.15, 0.2) is 0 Å². The minimum atomic E-state index is -0.331. The molecule has 0 aromatic heterocycles. The third-order valence-corrected chi connectivity index (χ3v) is 7.88. The third kappa shape index (κ3) is 7.49. The number of urea groups is 1. The highest BCUT2D eigenvalue weighted by Gasteiger charge is 2.34. The number of halogens is 1.